The SMILES string of the molecule is CC=C(Cl)C(C(=O)OCC)C(=O)OCC.CCN(CC)CC.CCOC(=O)C(C(=O)OCC)=C(CC)Nc1ccnn1CC.CCOC(=O)C(C(=O)OCC)=C(Cl)CC.CCn1nccc1N. The molecule has 0 saturated carbocycles. The van der Waals surface area contributed by atoms with Gasteiger partial charge in [-0.25, -0.2) is 23.9 Å². The van der Waals surface area contributed by atoms with Gasteiger partial charge in [-0.05, 0) is 101 Å². The average Bonchev–Trinajstić information content (AvgIpc) is 3.95. The lowest BCUT2D eigenvalue weighted by Crippen LogP contribution is -2.28. The lowest BCUT2D eigenvalue weighted by Gasteiger charge is -2.15. The molecule has 0 unspecified atom stereocenters. The number of hydrogen-bond acceptors (Lipinski definition) is 17. The zero-order valence-corrected chi connectivity index (χ0v) is 43.6. The summed E-state index contributed by atoms with van der Waals surface area (Å²) in [5.41, 5.74) is 5.60. The Morgan fingerprint density at radius 2 is 1.00 bits per heavy atom. The Balaban J connectivity index is -0.000000808. The van der Waals surface area contributed by atoms with Gasteiger partial charge in [0.25, 0.3) is 0 Å². The maximum atomic E-state index is 12.1. The second-order valence-corrected chi connectivity index (χ2v) is 13.6. The fraction of sp³-hybridized carbons (Fsp3) is 0.609. The number of rotatable bonds is 22. The number of nitrogens with one attached hydrogen (secondary N) is 1. The highest BCUT2D eigenvalue weighted by Crippen LogP contribution is 2.20. The van der Waals surface area contributed by atoms with Gasteiger partial charge in [0.2, 0.25) is 0 Å². The first-order valence-corrected chi connectivity index (χ1v) is 23.4. The molecular weight excluding hydrogens is 913 g/mol. The molecule has 0 bridgehead atoms. The molecule has 21 heteroatoms. The van der Waals surface area contributed by atoms with Gasteiger partial charge in [-0.15, -0.1) is 0 Å². The molecule has 2 heterocycles. The summed E-state index contributed by atoms with van der Waals surface area (Å²) >= 11 is 11.5. The number of anilines is 2. The van der Waals surface area contributed by atoms with Gasteiger partial charge in [0.15, 0.2) is 17.1 Å². The normalized spacial score (nSPS) is 10.1. The van der Waals surface area contributed by atoms with Crippen molar-refractivity contribution in [3.05, 3.63) is 57.5 Å². The molecule has 0 fully saturated rings. The number of esters is 6. The van der Waals surface area contributed by atoms with Gasteiger partial charge in [-0.3, -0.25) is 14.3 Å². The Kier molecular flexibility index (Phi) is 40.2. The Labute approximate surface area is 407 Å². The van der Waals surface area contributed by atoms with Crippen LogP contribution < -0.4 is 11.1 Å². The molecule has 0 aliphatic rings. The van der Waals surface area contributed by atoms with Gasteiger partial charge in [0.1, 0.15) is 11.6 Å². The third-order valence-electron chi connectivity index (χ3n) is 8.44. The fourth-order valence-electron chi connectivity index (χ4n) is 5.01. The number of carbonyl (C=O) groups excluding carboxylic acids is 6. The van der Waals surface area contributed by atoms with Crippen LogP contribution >= 0.6 is 23.2 Å². The summed E-state index contributed by atoms with van der Waals surface area (Å²) in [6.45, 7) is 31.9. The molecule has 382 valence electrons. The van der Waals surface area contributed by atoms with E-state index < -0.39 is 41.7 Å². The quantitative estimate of drug-likeness (QED) is 0.0376. The third kappa shape index (κ3) is 26.5. The van der Waals surface area contributed by atoms with Crippen LogP contribution in [0.3, 0.4) is 0 Å². The number of allylic oxidation sites excluding steroid dienone is 3. The molecule has 2 rings (SSSR count). The summed E-state index contributed by atoms with van der Waals surface area (Å²) in [4.78, 5) is 72.2. The van der Waals surface area contributed by atoms with Crippen molar-refractivity contribution in [3.63, 3.8) is 0 Å². The number of aryl methyl sites for hydroxylation is 2. The Morgan fingerprint density at radius 3 is 1.28 bits per heavy atom. The summed E-state index contributed by atoms with van der Waals surface area (Å²) in [6.07, 6.45) is 5.64. The predicted octanol–water partition coefficient (Wildman–Crippen LogP) is 7.83. The monoisotopic (exact) mass is 990 g/mol. The molecule has 2 aromatic rings. The van der Waals surface area contributed by atoms with Crippen LogP contribution in [0.15, 0.2) is 57.5 Å². The molecule has 3 N–H and O–H groups in total. The summed E-state index contributed by atoms with van der Waals surface area (Å²) < 4.78 is 32.3. The van der Waals surface area contributed by atoms with E-state index in [0.29, 0.717) is 30.9 Å². The first-order valence-electron chi connectivity index (χ1n) is 22.7. The van der Waals surface area contributed by atoms with E-state index in [1.54, 1.807) is 89.3 Å². The zero-order chi connectivity index (χ0) is 51.9. The number of nitrogens with two attached hydrogens (primary N) is 1. The molecule has 67 heavy (non-hydrogen) atoms. The van der Waals surface area contributed by atoms with Gasteiger partial charge >= 0.3 is 35.8 Å². The molecule has 0 aliphatic carbocycles. The molecular formula is C46H77Cl2N7O12. The molecule has 0 spiro atoms. The number of hydrogen-bond donors (Lipinski definition) is 2. The minimum absolute atomic E-state index is 0.102. The van der Waals surface area contributed by atoms with Crippen LogP contribution in [0.25, 0.3) is 0 Å². The fourth-order valence-corrected chi connectivity index (χ4v) is 5.35. The van der Waals surface area contributed by atoms with Crippen molar-refractivity contribution in [2.24, 2.45) is 5.92 Å². The van der Waals surface area contributed by atoms with Gasteiger partial charge in [-0.1, -0.05) is 63.9 Å². The maximum absolute atomic E-state index is 12.1. The average molecular weight is 991 g/mol. The first kappa shape index (κ1) is 65.9. The van der Waals surface area contributed by atoms with Crippen LogP contribution in [-0.4, -0.2) is 120 Å². The predicted molar refractivity (Wildman–Crippen MR) is 261 cm³/mol. The molecule has 19 nitrogen and oxygen atoms in total. The summed E-state index contributed by atoms with van der Waals surface area (Å²) in [5.74, 6) is -3.93. The van der Waals surface area contributed by atoms with E-state index >= 15 is 0 Å². The van der Waals surface area contributed by atoms with Crippen molar-refractivity contribution >= 4 is 70.7 Å². The van der Waals surface area contributed by atoms with Crippen molar-refractivity contribution in [2.45, 2.75) is 123 Å². The van der Waals surface area contributed by atoms with E-state index in [-0.39, 0.29) is 60.9 Å². The smallest absolute Gasteiger partial charge is 0.347 e. The van der Waals surface area contributed by atoms with Crippen LogP contribution in [0.5, 0.6) is 0 Å². The number of ether oxygens (including phenoxy) is 6. The van der Waals surface area contributed by atoms with Crippen molar-refractivity contribution in [1.82, 2.24) is 24.5 Å². The van der Waals surface area contributed by atoms with E-state index in [0.717, 1.165) is 12.4 Å². The van der Waals surface area contributed by atoms with Crippen molar-refractivity contribution in [2.75, 3.05) is 70.3 Å². The van der Waals surface area contributed by atoms with Crippen LogP contribution in [0.2, 0.25) is 0 Å². The third-order valence-corrected chi connectivity index (χ3v) is 9.33. The van der Waals surface area contributed by atoms with E-state index in [9.17, 15) is 28.8 Å². The van der Waals surface area contributed by atoms with E-state index in [1.807, 2.05) is 20.8 Å². The van der Waals surface area contributed by atoms with Gasteiger partial charge in [0, 0.05) is 34.9 Å². The molecule has 0 saturated heterocycles. The number of halogens is 2. The second-order valence-electron chi connectivity index (χ2n) is 12.7. The molecule has 0 aliphatic heterocycles. The highest BCUT2D eigenvalue weighted by molar-refractivity contribution is 6.35. The molecule has 0 atom stereocenters. The van der Waals surface area contributed by atoms with Crippen LogP contribution in [0.4, 0.5) is 11.6 Å². The number of nitrogens with zero attached hydrogens (tertiary/aromatic N) is 5. The minimum atomic E-state index is -1.16. The molecule has 0 aromatic carbocycles. The number of carbonyl (C=O) groups is 6. The second kappa shape index (κ2) is 40.8. The first-order chi connectivity index (χ1) is 31.9. The van der Waals surface area contributed by atoms with E-state index in [1.165, 1.54) is 25.7 Å². The molecule has 0 radical (unpaired) electrons. The highest BCUT2D eigenvalue weighted by Gasteiger charge is 2.32. The largest absolute Gasteiger partial charge is 0.465 e. The standard InChI is InChI=1S/C15H23N3O4.2C10H15ClO4.C6H15N.C5H9N3/c1-5-11(17-12-9-10-16-18(12)6-2)13(14(19)21-7-3)15(20)22-8-4;2*1-4-7(11)8(9(12)14-5-2)10(13)15-6-3;1-4-7(5-2)6-3;1-2-8-5(6)3-4-7-8/h9-10,17H,5-8H2,1-4H3;4-6H2,1-3H3;4,8H,5-6H2,1-3H3;4-6H2,1-3H3;3-4H,2,6H2,1H3. The maximum Gasteiger partial charge on any atom is 0.347 e. The minimum Gasteiger partial charge on any atom is -0.465 e. The van der Waals surface area contributed by atoms with Crippen molar-refractivity contribution in [1.29, 1.82) is 0 Å². The van der Waals surface area contributed by atoms with Gasteiger partial charge in [0.05, 0.1) is 52.0 Å². The van der Waals surface area contributed by atoms with Crippen LogP contribution in [-0.2, 0) is 70.3 Å². The van der Waals surface area contributed by atoms with Crippen molar-refractivity contribution < 1.29 is 57.2 Å². The summed E-state index contributed by atoms with van der Waals surface area (Å²) in [5, 5.41) is 11.4. The van der Waals surface area contributed by atoms with Crippen LogP contribution in [0.1, 0.15) is 110 Å². The summed E-state index contributed by atoms with van der Waals surface area (Å²) in [6, 6.07) is 3.55. The Hall–Kier alpha value is -5.40. The van der Waals surface area contributed by atoms with Crippen molar-refractivity contribution in [3.8, 4) is 0 Å². The molecule has 2 aromatic heterocycles. The lowest BCUT2D eigenvalue weighted by molar-refractivity contribution is -0.159. The van der Waals surface area contributed by atoms with Gasteiger partial charge in [-0.2, -0.15) is 10.2 Å². The van der Waals surface area contributed by atoms with Gasteiger partial charge < -0.3 is 44.4 Å². The van der Waals surface area contributed by atoms with Crippen LogP contribution in [0, 0.1) is 5.92 Å². The zero-order valence-electron chi connectivity index (χ0n) is 42.1. The topological polar surface area (TPSA) is 235 Å². The summed E-state index contributed by atoms with van der Waals surface area (Å²) in [7, 11) is 0. The molecule has 0 amide bonds. The lowest BCUT2D eigenvalue weighted by atomic mass is 10.1. The number of aromatic nitrogens is 4. The van der Waals surface area contributed by atoms with E-state index in [2.05, 4.69) is 41.2 Å². The van der Waals surface area contributed by atoms with E-state index in [4.69, 9.17) is 57.4 Å². The number of nitrogen functional groups attached to an aromatic ring is 1. The Bertz CT molecular complexity index is 1780. The highest BCUT2D eigenvalue weighted by atomic mass is 35.5. The Morgan fingerprint density at radius 1 is 0.612 bits per heavy atom.